The number of hydrogen-bond donors (Lipinski definition) is 1. The summed E-state index contributed by atoms with van der Waals surface area (Å²) in [5.41, 5.74) is 1.14. The molecule has 0 aliphatic carbocycles. The number of carbonyl (C=O) groups excluding carboxylic acids is 1. The van der Waals surface area contributed by atoms with Crippen LogP contribution in [0.1, 0.15) is 23.2 Å². The van der Waals surface area contributed by atoms with Gasteiger partial charge in [0.2, 0.25) is 5.88 Å². The molecule has 1 aliphatic heterocycles. The van der Waals surface area contributed by atoms with Crippen molar-refractivity contribution in [3.05, 3.63) is 48.2 Å². The normalized spacial score (nSPS) is 16.1. The van der Waals surface area contributed by atoms with Crippen LogP contribution >= 0.6 is 0 Å². The molecule has 1 N–H and O–H groups in total. The number of carbonyl (C=O) groups is 1. The van der Waals surface area contributed by atoms with Crippen LogP contribution in [0.25, 0.3) is 0 Å². The Balaban J connectivity index is 1.48. The minimum Gasteiger partial charge on any atom is -0.491 e. The van der Waals surface area contributed by atoms with E-state index in [2.05, 4.69) is 10.3 Å². The van der Waals surface area contributed by atoms with E-state index in [-0.39, 0.29) is 12.0 Å². The van der Waals surface area contributed by atoms with Crippen molar-refractivity contribution < 1.29 is 23.7 Å². The molecule has 2 aromatic rings. The van der Waals surface area contributed by atoms with Gasteiger partial charge in [-0.1, -0.05) is 0 Å². The van der Waals surface area contributed by atoms with Crippen molar-refractivity contribution in [2.75, 3.05) is 38.9 Å². The molecule has 1 saturated heterocycles. The molecule has 2 heterocycles. The van der Waals surface area contributed by atoms with Gasteiger partial charge in [-0.2, -0.15) is 0 Å². The Kier molecular flexibility index (Phi) is 7.01. The summed E-state index contributed by atoms with van der Waals surface area (Å²) < 4.78 is 21.5. The lowest BCUT2D eigenvalue weighted by molar-refractivity contribution is 0.0679. The summed E-state index contributed by atoms with van der Waals surface area (Å²) in [5.74, 6) is 0.995. The molecule has 1 aliphatic rings. The molecule has 0 bridgehead atoms. The van der Waals surface area contributed by atoms with Crippen molar-refractivity contribution in [2.24, 2.45) is 0 Å². The Morgan fingerprint density at radius 2 is 2.04 bits per heavy atom. The molecular formula is C20H24N2O5. The third kappa shape index (κ3) is 5.94. The standard InChI is InChI=1S/C20H24N2O5/c1-24-11-12-26-19-9-6-16(13-21-19)22-20(23)15-4-7-17(8-5-15)27-14-18-3-2-10-25-18/h4-9,13,18H,2-3,10-12,14H2,1H3,(H,22,23). The first-order chi connectivity index (χ1) is 13.2. The van der Waals surface area contributed by atoms with Gasteiger partial charge in [0, 0.05) is 25.3 Å². The van der Waals surface area contributed by atoms with Gasteiger partial charge >= 0.3 is 0 Å². The number of hydrogen-bond acceptors (Lipinski definition) is 6. The Labute approximate surface area is 158 Å². The predicted octanol–water partition coefficient (Wildman–Crippen LogP) is 2.92. The molecular weight excluding hydrogens is 348 g/mol. The average Bonchev–Trinajstić information content (AvgIpc) is 3.22. The number of pyridine rings is 1. The first kappa shape index (κ1) is 19.1. The van der Waals surface area contributed by atoms with Crippen molar-refractivity contribution in [1.29, 1.82) is 0 Å². The Hall–Kier alpha value is -2.64. The fraction of sp³-hybridized carbons (Fsp3) is 0.400. The zero-order chi connectivity index (χ0) is 18.9. The van der Waals surface area contributed by atoms with Gasteiger partial charge in [-0.25, -0.2) is 4.98 Å². The van der Waals surface area contributed by atoms with E-state index in [9.17, 15) is 4.79 Å². The summed E-state index contributed by atoms with van der Waals surface area (Å²) in [6.07, 6.45) is 3.84. The van der Waals surface area contributed by atoms with Crippen molar-refractivity contribution >= 4 is 11.6 Å². The van der Waals surface area contributed by atoms with E-state index < -0.39 is 0 Å². The molecule has 1 amide bonds. The maximum atomic E-state index is 12.3. The van der Waals surface area contributed by atoms with E-state index >= 15 is 0 Å². The van der Waals surface area contributed by atoms with Gasteiger partial charge in [0.1, 0.15) is 19.0 Å². The fourth-order valence-electron chi connectivity index (χ4n) is 2.64. The number of nitrogens with zero attached hydrogens (tertiary/aromatic N) is 1. The third-order valence-electron chi connectivity index (χ3n) is 4.11. The second-order valence-corrected chi connectivity index (χ2v) is 6.15. The highest BCUT2D eigenvalue weighted by molar-refractivity contribution is 6.04. The number of amides is 1. The van der Waals surface area contributed by atoms with Gasteiger partial charge in [0.15, 0.2) is 0 Å². The predicted molar refractivity (Wildman–Crippen MR) is 100 cm³/mol. The van der Waals surface area contributed by atoms with Crippen LogP contribution in [0.3, 0.4) is 0 Å². The lowest BCUT2D eigenvalue weighted by Crippen LogP contribution is -2.16. The smallest absolute Gasteiger partial charge is 0.255 e. The maximum absolute atomic E-state index is 12.3. The molecule has 144 valence electrons. The topological polar surface area (TPSA) is 78.9 Å². The van der Waals surface area contributed by atoms with E-state index in [1.54, 1.807) is 49.7 Å². The molecule has 1 aromatic carbocycles. The first-order valence-electron chi connectivity index (χ1n) is 8.98. The highest BCUT2D eigenvalue weighted by atomic mass is 16.5. The SMILES string of the molecule is COCCOc1ccc(NC(=O)c2ccc(OCC3CCCO3)cc2)cn1. The monoisotopic (exact) mass is 372 g/mol. The fourth-order valence-corrected chi connectivity index (χ4v) is 2.64. The van der Waals surface area contributed by atoms with Crippen LogP contribution in [0.4, 0.5) is 5.69 Å². The number of rotatable bonds is 9. The van der Waals surface area contributed by atoms with E-state index in [0.717, 1.165) is 25.2 Å². The second-order valence-electron chi connectivity index (χ2n) is 6.15. The number of anilines is 1. The zero-order valence-corrected chi connectivity index (χ0v) is 15.3. The second kappa shape index (κ2) is 9.89. The van der Waals surface area contributed by atoms with Gasteiger partial charge < -0.3 is 24.3 Å². The van der Waals surface area contributed by atoms with Gasteiger partial charge in [0.25, 0.3) is 5.91 Å². The molecule has 1 unspecified atom stereocenters. The highest BCUT2D eigenvalue weighted by Crippen LogP contribution is 2.18. The summed E-state index contributed by atoms with van der Waals surface area (Å²) in [4.78, 5) is 16.5. The molecule has 3 rings (SSSR count). The molecule has 1 atom stereocenters. The summed E-state index contributed by atoms with van der Waals surface area (Å²) in [6, 6.07) is 10.5. The molecule has 27 heavy (non-hydrogen) atoms. The Morgan fingerprint density at radius 3 is 2.70 bits per heavy atom. The number of ether oxygens (including phenoxy) is 4. The molecule has 0 spiro atoms. The number of methoxy groups -OCH3 is 1. The van der Waals surface area contributed by atoms with Gasteiger partial charge in [0.05, 0.1) is 24.6 Å². The molecule has 1 fully saturated rings. The largest absolute Gasteiger partial charge is 0.491 e. The molecule has 0 saturated carbocycles. The molecule has 0 radical (unpaired) electrons. The quantitative estimate of drug-likeness (QED) is 0.682. The first-order valence-corrected chi connectivity index (χ1v) is 8.98. The lowest BCUT2D eigenvalue weighted by atomic mass is 10.2. The summed E-state index contributed by atoms with van der Waals surface area (Å²) >= 11 is 0. The Morgan fingerprint density at radius 1 is 1.19 bits per heavy atom. The van der Waals surface area contributed by atoms with E-state index in [1.807, 2.05) is 0 Å². The van der Waals surface area contributed by atoms with E-state index in [1.165, 1.54) is 0 Å². The van der Waals surface area contributed by atoms with Crippen LogP contribution in [0.15, 0.2) is 42.6 Å². The van der Waals surface area contributed by atoms with Crippen molar-refractivity contribution in [1.82, 2.24) is 4.98 Å². The van der Waals surface area contributed by atoms with Crippen LogP contribution in [0, 0.1) is 0 Å². The van der Waals surface area contributed by atoms with E-state index in [0.29, 0.717) is 37.0 Å². The molecule has 1 aromatic heterocycles. The Bertz CT molecular complexity index is 712. The minimum absolute atomic E-state index is 0.168. The summed E-state index contributed by atoms with van der Waals surface area (Å²) in [7, 11) is 1.61. The van der Waals surface area contributed by atoms with Crippen LogP contribution in [-0.2, 0) is 9.47 Å². The summed E-state index contributed by atoms with van der Waals surface area (Å²) in [5, 5.41) is 2.81. The molecule has 7 heteroatoms. The van der Waals surface area contributed by atoms with Crippen molar-refractivity contribution in [3.8, 4) is 11.6 Å². The average molecular weight is 372 g/mol. The van der Waals surface area contributed by atoms with Crippen LogP contribution in [-0.4, -0.2) is 50.5 Å². The third-order valence-corrected chi connectivity index (χ3v) is 4.11. The van der Waals surface area contributed by atoms with Gasteiger partial charge in [-0.15, -0.1) is 0 Å². The van der Waals surface area contributed by atoms with E-state index in [4.69, 9.17) is 18.9 Å². The maximum Gasteiger partial charge on any atom is 0.255 e. The highest BCUT2D eigenvalue weighted by Gasteiger charge is 2.16. The zero-order valence-electron chi connectivity index (χ0n) is 15.3. The number of aromatic nitrogens is 1. The van der Waals surface area contributed by atoms with Crippen LogP contribution in [0.5, 0.6) is 11.6 Å². The number of benzene rings is 1. The van der Waals surface area contributed by atoms with Gasteiger partial charge in [-0.05, 0) is 43.2 Å². The van der Waals surface area contributed by atoms with Crippen molar-refractivity contribution in [2.45, 2.75) is 18.9 Å². The molecule has 7 nitrogen and oxygen atoms in total. The van der Waals surface area contributed by atoms with Crippen LogP contribution < -0.4 is 14.8 Å². The van der Waals surface area contributed by atoms with Crippen molar-refractivity contribution in [3.63, 3.8) is 0 Å². The summed E-state index contributed by atoms with van der Waals surface area (Å²) in [6.45, 7) is 2.27. The van der Waals surface area contributed by atoms with Gasteiger partial charge in [-0.3, -0.25) is 4.79 Å². The number of nitrogens with one attached hydrogen (secondary N) is 1. The minimum atomic E-state index is -0.212. The lowest BCUT2D eigenvalue weighted by Gasteiger charge is -2.12. The van der Waals surface area contributed by atoms with Crippen LogP contribution in [0.2, 0.25) is 0 Å².